The van der Waals surface area contributed by atoms with Crippen LogP contribution in [0.4, 0.5) is 5.82 Å². The molecule has 20 heavy (non-hydrogen) atoms. The maximum Gasteiger partial charge on any atom is 0.226 e. The summed E-state index contributed by atoms with van der Waals surface area (Å²) in [4.78, 5) is 8.42. The van der Waals surface area contributed by atoms with Gasteiger partial charge in [0.05, 0.1) is 17.3 Å². The normalized spacial score (nSPS) is 10.9. The molecular weight excluding hydrogens is 274 g/mol. The molecule has 0 fully saturated rings. The van der Waals surface area contributed by atoms with E-state index >= 15 is 0 Å². The minimum Gasteiger partial charge on any atom is -0.372 e. The minimum absolute atomic E-state index is 0.203. The number of fused-ring (bicyclic) bond motifs is 1. The van der Waals surface area contributed by atoms with Gasteiger partial charge < -0.3 is 5.32 Å². The Morgan fingerprint density at radius 1 is 1.20 bits per heavy atom. The molecule has 0 atom stereocenters. The van der Waals surface area contributed by atoms with Gasteiger partial charge in [-0.1, -0.05) is 19.1 Å². The number of hydrogen-bond donors (Lipinski definition) is 1. The van der Waals surface area contributed by atoms with Gasteiger partial charge in [0, 0.05) is 7.05 Å². The van der Waals surface area contributed by atoms with Crippen LogP contribution in [0.2, 0.25) is 5.28 Å². The summed E-state index contributed by atoms with van der Waals surface area (Å²) < 4.78 is 1.77. The predicted octanol–water partition coefficient (Wildman–Crippen LogP) is 3.07. The molecule has 0 amide bonds. The predicted molar refractivity (Wildman–Crippen MR) is 80.6 cm³/mol. The largest absolute Gasteiger partial charge is 0.372 e. The van der Waals surface area contributed by atoms with Gasteiger partial charge in [-0.15, -0.1) is 0 Å². The molecule has 0 unspecified atom stereocenters. The lowest BCUT2D eigenvalue weighted by Crippen LogP contribution is -2.00. The van der Waals surface area contributed by atoms with Gasteiger partial charge in [0.2, 0.25) is 5.28 Å². The molecule has 1 N–H and O–H groups in total. The number of anilines is 1. The van der Waals surface area contributed by atoms with Gasteiger partial charge >= 0.3 is 0 Å². The first kappa shape index (κ1) is 12.9. The first-order valence-corrected chi connectivity index (χ1v) is 6.79. The Balaban J connectivity index is 2.18. The molecule has 0 saturated carbocycles. The number of aromatic nitrogens is 4. The Kier molecular flexibility index (Phi) is 3.28. The van der Waals surface area contributed by atoms with Crippen molar-refractivity contribution in [3.8, 4) is 5.69 Å². The van der Waals surface area contributed by atoms with Gasteiger partial charge in [0.1, 0.15) is 5.82 Å². The fourth-order valence-corrected chi connectivity index (χ4v) is 2.30. The van der Waals surface area contributed by atoms with E-state index in [2.05, 4.69) is 39.4 Å². The van der Waals surface area contributed by atoms with E-state index in [-0.39, 0.29) is 5.28 Å². The first-order chi connectivity index (χ1) is 9.72. The molecule has 1 aromatic carbocycles. The highest BCUT2D eigenvalue weighted by Gasteiger charge is 2.12. The monoisotopic (exact) mass is 287 g/mol. The van der Waals surface area contributed by atoms with Crippen LogP contribution in [0.5, 0.6) is 0 Å². The second-order valence-corrected chi connectivity index (χ2v) is 4.74. The molecule has 0 aliphatic rings. The zero-order chi connectivity index (χ0) is 14.1. The third kappa shape index (κ3) is 2.10. The van der Waals surface area contributed by atoms with Gasteiger partial charge in [-0.25, -0.2) is 4.68 Å². The van der Waals surface area contributed by atoms with Crippen LogP contribution in [0.15, 0.2) is 30.5 Å². The quantitative estimate of drug-likeness (QED) is 0.752. The molecule has 2 aromatic heterocycles. The van der Waals surface area contributed by atoms with Gasteiger partial charge in [0.15, 0.2) is 5.65 Å². The number of nitrogens with zero attached hydrogens (tertiary/aromatic N) is 4. The van der Waals surface area contributed by atoms with Crippen molar-refractivity contribution in [2.75, 3.05) is 12.4 Å². The molecule has 3 rings (SSSR count). The van der Waals surface area contributed by atoms with E-state index in [1.165, 1.54) is 5.56 Å². The molecule has 0 aliphatic carbocycles. The Morgan fingerprint density at radius 3 is 2.60 bits per heavy atom. The molecule has 0 spiro atoms. The summed E-state index contributed by atoms with van der Waals surface area (Å²) in [5.41, 5.74) is 2.93. The van der Waals surface area contributed by atoms with Gasteiger partial charge in [-0.05, 0) is 35.7 Å². The van der Waals surface area contributed by atoms with Crippen LogP contribution in [-0.4, -0.2) is 26.8 Å². The maximum atomic E-state index is 5.96. The van der Waals surface area contributed by atoms with Crippen molar-refractivity contribution in [1.29, 1.82) is 0 Å². The van der Waals surface area contributed by atoms with Crippen LogP contribution in [0.1, 0.15) is 12.5 Å². The Hall–Kier alpha value is -2.14. The lowest BCUT2D eigenvalue weighted by atomic mass is 10.1. The third-order valence-electron chi connectivity index (χ3n) is 3.23. The van der Waals surface area contributed by atoms with Crippen molar-refractivity contribution in [1.82, 2.24) is 19.7 Å². The Labute approximate surface area is 121 Å². The van der Waals surface area contributed by atoms with E-state index in [1.807, 2.05) is 12.1 Å². The molecule has 0 saturated heterocycles. The van der Waals surface area contributed by atoms with Gasteiger partial charge in [-0.2, -0.15) is 15.1 Å². The second kappa shape index (κ2) is 5.09. The number of rotatable bonds is 3. The van der Waals surface area contributed by atoms with Crippen LogP contribution in [0.3, 0.4) is 0 Å². The fourth-order valence-electron chi connectivity index (χ4n) is 2.13. The summed E-state index contributed by atoms with van der Waals surface area (Å²) in [6.07, 6.45) is 2.75. The first-order valence-electron chi connectivity index (χ1n) is 6.41. The van der Waals surface area contributed by atoms with E-state index in [9.17, 15) is 0 Å². The molecule has 0 bridgehead atoms. The highest BCUT2D eigenvalue weighted by atomic mass is 35.5. The fraction of sp³-hybridized carbons (Fsp3) is 0.214. The number of benzene rings is 1. The van der Waals surface area contributed by atoms with Crippen molar-refractivity contribution in [2.24, 2.45) is 0 Å². The molecule has 2 heterocycles. The average molecular weight is 288 g/mol. The van der Waals surface area contributed by atoms with Crippen LogP contribution < -0.4 is 5.32 Å². The molecule has 0 radical (unpaired) electrons. The van der Waals surface area contributed by atoms with E-state index in [1.54, 1.807) is 17.9 Å². The molecular formula is C14H14ClN5. The summed E-state index contributed by atoms with van der Waals surface area (Å²) in [7, 11) is 1.80. The number of aryl methyl sites for hydroxylation is 1. The SMILES string of the molecule is CCc1ccc(-n2ncc3c(NC)nc(Cl)nc32)cc1. The average Bonchev–Trinajstić information content (AvgIpc) is 2.90. The molecule has 102 valence electrons. The van der Waals surface area contributed by atoms with Crippen LogP contribution in [-0.2, 0) is 6.42 Å². The lowest BCUT2D eigenvalue weighted by molar-refractivity contribution is 0.893. The van der Waals surface area contributed by atoms with Crippen LogP contribution in [0, 0.1) is 0 Å². The molecule has 3 aromatic rings. The summed E-state index contributed by atoms with van der Waals surface area (Å²) in [5, 5.41) is 8.44. The molecule has 0 aliphatic heterocycles. The standard InChI is InChI=1S/C14H14ClN5/c1-3-9-4-6-10(7-5-9)20-13-11(8-17-20)12(16-2)18-14(15)19-13/h4-8H,3H2,1-2H3,(H,16,18,19). The topological polar surface area (TPSA) is 55.6 Å². The summed E-state index contributed by atoms with van der Waals surface area (Å²) in [6, 6.07) is 8.23. The smallest absolute Gasteiger partial charge is 0.226 e. The van der Waals surface area contributed by atoms with Crippen molar-refractivity contribution in [3.05, 3.63) is 41.3 Å². The van der Waals surface area contributed by atoms with E-state index in [4.69, 9.17) is 11.6 Å². The summed E-state index contributed by atoms with van der Waals surface area (Å²) in [6.45, 7) is 2.13. The Bertz CT molecular complexity index is 748. The minimum atomic E-state index is 0.203. The summed E-state index contributed by atoms with van der Waals surface area (Å²) in [5.74, 6) is 0.677. The van der Waals surface area contributed by atoms with Crippen LogP contribution in [0.25, 0.3) is 16.7 Å². The highest BCUT2D eigenvalue weighted by molar-refractivity contribution is 6.28. The van der Waals surface area contributed by atoms with Gasteiger partial charge in [0.25, 0.3) is 0 Å². The molecule has 5 nitrogen and oxygen atoms in total. The highest BCUT2D eigenvalue weighted by Crippen LogP contribution is 2.23. The third-order valence-corrected chi connectivity index (χ3v) is 3.40. The maximum absolute atomic E-state index is 5.96. The van der Waals surface area contributed by atoms with E-state index in [0.29, 0.717) is 11.5 Å². The number of halogens is 1. The van der Waals surface area contributed by atoms with E-state index < -0.39 is 0 Å². The van der Waals surface area contributed by atoms with Crippen molar-refractivity contribution in [3.63, 3.8) is 0 Å². The number of nitrogens with one attached hydrogen (secondary N) is 1. The second-order valence-electron chi connectivity index (χ2n) is 4.40. The summed E-state index contributed by atoms with van der Waals surface area (Å²) >= 11 is 5.96. The van der Waals surface area contributed by atoms with Gasteiger partial charge in [-0.3, -0.25) is 0 Å². The zero-order valence-corrected chi connectivity index (χ0v) is 12.0. The van der Waals surface area contributed by atoms with Crippen molar-refractivity contribution >= 4 is 28.5 Å². The van der Waals surface area contributed by atoms with Crippen LogP contribution >= 0.6 is 11.6 Å². The number of hydrogen-bond acceptors (Lipinski definition) is 4. The zero-order valence-electron chi connectivity index (χ0n) is 11.3. The lowest BCUT2D eigenvalue weighted by Gasteiger charge is -2.05. The van der Waals surface area contributed by atoms with E-state index in [0.717, 1.165) is 17.5 Å². The molecule has 6 heteroatoms. The van der Waals surface area contributed by atoms with Crippen molar-refractivity contribution < 1.29 is 0 Å². The van der Waals surface area contributed by atoms with Crippen molar-refractivity contribution in [2.45, 2.75) is 13.3 Å². The Morgan fingerprint density at radius 2 is 1.95 bits per heavy atom.